The number of fused-ring (bicyclic) bond motifs is 1. The summed E-state index contributed by atoms with van der Waals surface area (Å²) in [6.45, 7) is 1.06. The Morgan fingerprint density at radius 3 is 2.60 bits per heavy atom. The van der Waals surface area contributed by atoms with Crippen LogP contribution in [0.4, 0.5) is 0 Å². The van der Waals surface area contributed by atoms with Gasteiger partial charge in [0, 0.05) is 41.8 Å². The number of para-hydroxylation sites is 2. The summed E-state index contributed by atoms with van der Waals surface area (Å²) < 4.78 is 5.54. The van der Waals surface area contributed by atoms with Crippen LogP contribution in [0.25, 0.3) is 10.9 Å². The molecule has 35 heavy (non-hydrogen) atoms. The molecule has 7 heteroatoms. The lowest BCUT2D eigenvalue weighted by molar-refractivity contribution is -0.132. The zero-order valence-corrected chi connectivity index (χ0v) is 20.6. The molecule has 2 aromatic carbocycles. The number of carbonyl (C=O) groups is 2. The summed E-state index contributed by atoms with van der Waals surface area (Å²) in [5, 5.41) is 3.07. The fraction of sp³-hybridized carbons (Fsp3) is 0.286. The Kier molecular flexibility index (Phi) is 6.86. The lowest BCUT2D eigenvalue weighted by Crippen LogP contribution is -2.44. The predicted octanol–water partition coefficient (Wildman–Crippen LogP) is 5.11. The molecular formula is C28H29N3O3S. The number of aromatic nitrogens is 1. The van der Waals surface area contributed by atoms with Crippen LogP contribution in [-0.4, -0.2) is 52.8 Å². The van der Waals surface area contributed by atoms with Crippen LogP contribution in [0.1, 0.15) is 33.6 Å². The molecule has 1 aliphatic carbocycles. The van der Waals surface area contributed by atoms with Crippen LogP contribution in [0.15, 0.2) is 72.2 Å². The predicted molar refractivity (Wildman–Crippen MR) is 139 cm³/mol. The van der Waals surface area contributed by atoms with Crippen molar-refractivity contribution >= 4 is 34.1 Å². The van der Waals surface area contributed by atoms with Gasteiger partial charge < -0.3 is 19.5 Å². The van der Waals surface area contributed by atoms with Gasteiger partial charge in [-0.15, -0.1) is 11.3 Å². The number of ether oxygens (including phenoxy) is 1. The minimum atomic E-state index is -0.0512. The van der Waals surface area contributed by atoms with Gasteiger partial charge in [-0.1, -0.05) is 42.5 Å². The normalized spacial score (nSPS) is 13.1. The van der Waals surface area contributed by atoms with Gasteiger partial charge in [0.2, 0.25) is 5.91 Å². The molecule has 0 atom stereocenters. The second kappa shape index (κ2) is 10.4. The Morgan fingerprint density at radius 1 is 1.03 bits per heavy atom. The van der Waals surface area contributed by atoms with Crippen LogP contribution >= 0.6 is 11.3 Å². The molecular weight excluding hydrogens is 458 g/mol. The van der Waals surface area contributed by atoms with Gasteiger partial charge in [0.1, 0.15) is 12.3 Å². The highest BCUT2D eigenvalue weighted by molar-refractivity contribution is 7.12. The van der Waals surface area contributed by atoms with Crippen LogP contribution in [0.5, 0.6) is 5.75 Å². The molecule has 5 rings (SSSR count). The average molecular weight is 488 g/mol. The number of aromatic amines is 1. The van der Waals surface area contributed by atoms with Gasteiger partial charge in [-0.3, -0.25) is 9.59 Å². The summed E-state index contributed by atoms with van der Waals surface area (Å²) in [7, 11) is 1.64. The second-order valence-corrected chi connectivity index (χ2v) is 9.83. The molecule has 0 bridgehead atoms. The lowest BCUT2D eigenvalue weighted by Gasteiger charge is -2.28. The summed E-state index contributed by atoms with van der Waals surface area (Å²) in [5.74, 6) is 0.656. The first kappa shape index (κ1) is 23.2. The van der Waals surface area contributed by atoms with Gasteiger partial charge in [-0.05, 0) is 48.4 Å². The molecule has 0 unspecified atom stereocenters. The zero-order valence-electron chi connectivity index (χ0n) is 19.8. The van der Waals surface area contributed by atoms with Crippen LogP contribution in [0.2, 0.25) is 0 Å². The van der Waals surface area contributed by atoms with Crippen molar-refractivity contribution < 1.29 is 14.3 Å². The van der Waals surface area contributed by atoms with Crippen LogP contribution in [0.3, 0.4) is 0 Å². The van der Waals surface area contributed by atoms with Crippen LogP contribution < -0.4 is 4.74 Å². The van der Waals surface area contributed by atoms with E-state index in [1.807, 2.05) is 65.0 Å². The fourth-order valence-electron chi connectivity index (χ4n) is 4.47. The first-order valence-electron chi connectivity index (χ1n) is 11.9. The van der Waals surface area contributed by atoms with E-state index < -0.39 is 0 Å². The zero-order chi connectivity index (χ0) is 24.2. The Labute approximate surface area is 209 Å². The third kappa shape index (κ3) is 5.25. The van der Waals surface area contributed by atoms with E-state index >= 15 is 0 Å². The first-order valence-corrected chi connectivity index (χ1v) is 12.8. The van der Waals surface area contributed by atoms with Crippen molar-refractivity contribution in [2.75, 3.05) is 20.2 Å². The third-order valence-corrected chi connectivity index (χ3v) is 7.38. The number of nitrogens with one attached hydrogen (secondary N) is 1. The van der Waals surface area contributed by atoms with Crippen molar-refractivity contribution in [2.45, 2.75) is 31.8 Å². The molecule has 2 amide bonds. The molecule has 1 N–H and O–H groups in total. The lowest BCUT2D eigenvalue weighted by atomic mass is 10.1. The number of amides is 2. The second-order valence-electron chi connectivity index (χ2n) is 8.88. The van der Waals surface area contributed by atoms with Gasteiger partial charge in [-0.2, -0.15) is 0 Å². The maximum absolute atomic E-state index is 13.7. The minimum absolute atomic E-state index is 0.0486. The van der Waals surface area contributed by atoms with Gasteiger partial charge in [-0.25, -0.2) is 0 Å². The Balaban J connectivity index is 1.37. The molecule has 2 aromatic heterocycles. The van der Waals surface area contributed by atoms with E-state index in [1.54, 1.807) is 12.0 Å². The largest absolute Gasteiger partial charge is 0.496 e. The molecule has 6 nitrogen and oxygen atoms in total. The van der Waals surface area contributed by atoms with Gasteiger partial charge in [0.05, 0.1) is 12.0 Å². The molecule has 4 aromatic rings. The molecule has 1 fully saturated rings. The molecule has 0 radical (unpaired) electrons. The van der Waals surface area contributed by atoms with E-state index in [9.17, 15) is 9.59 Å². The number of nitrogens with zero attached hydrogens (tertiary/aromatic N) is 2. The van der Waals surface area contributed by atoms with Crippen molar-refractivity contribution in [1.82, 2.24) is 14.8 Å². The molecule has 1 saturated carbocycles. The first-order chi connectivity index (χ1) is 17.1. The molecule has 180 valence electrons. The van der Waals surface area contributed by atoms with Crippen molar-refractivity contribution in [3.63, 3.8) is 0 Å². The summed E-state index contributed by atoms with van der Waals surface area (Å²) in [6.07, 6.45) is 4.64. The van der Waals surface area contributed by atoms with Gasteiger partial charge >= 0.3 is 0 Å². The van der Waals surface area contributed by atoms with Crippen molar-refractivity contribution in [2.24, 2.45) is 0 Å². The molecule has 0 spiro atoms. The van der Waals surface area contributed by atoms with Gasteiger partial charge in [0.15, 0.2) is 0 Å². The Hall–Kier alpha value is -3.58. The summed E-state index contributed by atoms with van der Waals surface area (Å²) in [6, 6.07) is 19.8. The summed E-state index contributed by atoms with van der Waals surface area (Å²) >= 11 is 1.42. The monoisotopic (exact) mass is 487 g/mol. The number of rotatable bonds is 10. The maximum atomic E-state index is 13.7. The Morgan fingerprint density at radius 2 is 1.83 bits per heavy atom. The number of benzene rings is 2. The highest BCUT2D eigenvalue weighted by atomic mass is 32.1. The number of carbonyl (C=O) groups excluding carboxylic acids is 2. The topological polar surface area (TPSA) is 65.6 Å². The molecule has 0 saturated heterocycles. The van der Waals surface area contributed by atoms with Crippen molar-refractivity contribution in [1.29, 1.82) is 0 Å². The van der Waals surface area contributed by atoms with Crippen LogP contribution in [-0.2, 0) is 17.8 Å². The standard InChI is InChI=1S/C28H29N3O3S/c1-34-25-10-5-2-7-21(25)18-30(15-14-20-17-29-24-9-4-3-8-23(20)24)27(32)19-31(22-12-13-22)28(33)26-11-6-16-35-26/h2-11,16-17,22,29H,12-15,18-19H2,1H3. The number of H-pyrrole nitrogens is 1. The minimum Gasteiger partial charge on any atom is -0.496 e. The quantitative estimate of drug-likeness (QED) is 0.338. The van der Waals surface area contributed by atoms with E-state index in [4.69, 9.17) is 4.74 Å². The highest BCUT2D eigenvalue weighted by Gasteiger charge is 2.35. The fourth-order valence-corrected chi connectivity index (χ4v) is 5.14. The number of methoxy groups -OCH3 is 1. The molecule has 0 aliphatic heterocycles. The average Bonchev–Trinajstić information content (AvgIpc) is 3.41. The third-order valence-electron chi connectivity index (χ3n) is 6.52. The maximum Gasteiger partial charge on any atom is 0.264 e. The van der Waals surface area contributed by atoms with E-state index in [1.165, 1.54) is 22.3 Å². The number of hydrogen-bond acceptors (Lipinski definition) is 4. The van der Waals surface area contributed by atoms with E-state index in [0.717, 1.165) is 29.7 Å². The highest BCUT2D eigenvalue weighted by Crippen LogP contribution is 2.29. The van der Waals surface area contributed by atoms with E-state index in [-0.39, 0.29) is 24.4 Å². The number of hydrogen-bond donors (Lipinski definition) is 1. The Bertz CT molecular complexity index is 1310. The van der Waals surface area contributed by atoms with E-state index in [0.29, 0.717) is 24.4 Å². The van der Waals surface area contributed by atoms with E-state index in [2.05, 4.69) is 17.1 Å². The smallest absolute Gasteiger partial charge is 0.264 e. The summed E-state index contributed by atoms with van der Waals surface area (Å²) in [5.41, 5.74) is 3.21. The van der Waals surface area contributed by atoms with Crippen molar-refractivity contribution in [3.8, 4) is 5.75 Å². The van der Waals surface area contributed by atoms with Gasteiger partial charge in [0.25, 0.3) is 5.91 Å². The van der Waals surface area contributed by atoms with Crippen LogP contribution in [0, 0.1) is 0 Å². The molecule has 2 heterocycles. The SMILES string of the molecule is COc1ccccc1CN(CCc1c[nH]c2ccccc12)C(=O)CN(C(=O)c1cccs1)C1CC1. The van der Waals surface area contributed by atoms with Crippen molar-refractivity contribution in [3.05, 3.63) is 88.2 Å². The summed E-state index contributed by atoms with van der Waals surface area (Å²) in [4.78, 5) is 34.4. The molecule has 1 aliphatic rings. The number of thiophene rings is 1.